The van der Waals surface area contributed by atoms with Crippen LogP contribution in [0.5, 0.6) is 0 Å². The minimum absolute atomic E-state index is 1.06. The second kappa shape index (κ2) is 19.0. The van der Waals surface area contributed by atoms with Crippen molar-refractivity contribution in [3.05, 3.63) is 303 Å². The molecule has 0 fully saturated rings. The van der Waals surface area contributed by atoms with Crippen LogP contribution in [0.25, 0.3) is 88.4 Å². The molecule has 4 nitrogen and oxygen atoms in total. The maximum atomic E-state index is 2.43. The zero-order valence-electron chi connectivity index (χ0n) is 41.7. The van der Waals surface area contributed by atoms with E-state index in [4.69, 9.17) is 0 Å². The number of para-hydroxylation sites is 7. The van der Waals surface area contributed by atoms with E-state index >= 15 is 0 Å². The Morgan fingerprint density at radius 1 is 0.211 bits per heavy atom. The number of rotatable bonds is 11. The Hall–Kier alpha value is -10.2. The lowest BCUT2D eigenvalue weighted by atomic mass is 9.86. The highest BCUT2D eigenvalue weighted by Gasteiger charge is 2.22. The molecule has 0 atom stereocenters. The molecule has 76 heavy (non-hydrogen) atoms. The highest BCUT2D eigenvalue weighted by atomic mass is 15.2. The molecule has 14 aromatic rings. The number of hydrogen-bond acceptors (Lipinski definition) is 2. The van der Waals surface area contributed by atoms with Crippen molar-refractivity contribution in [3.8, 4) is 44.8 Å². The smallest absolute Gasteiger partial charge is 0.0547 e. The summed E-state index contributed by atoms with van der Waals surface area (Å²) in [5.74, 6) is 0. The Morgan fingerprint density at radius 3 is 1.14 bits per heavy atom. The van der Waals surface area contributed by atoms with E-state index in [9.17, 15) is 0 Å². The van der Waals surface area contributed by atoms with E-state index in [0.717, 1.165) is 73.3 Å². The topological polar surface area (TPSA) is 16.3 Å². The lowest BCUT2D eigenvalue weighted by molar-refractivity contribution is 1.18. The van der Waals surface area contributed by atoms with Gasteiger partial charge in [0.25, 0.3) is 0 Å². The minimum Gasteiger partial charge on any atom is -0.311 e. The van der Waals surface area contributed by atoms with Crippen molar-refractivity contribution in [2.45, 2.75) is 0 Å². The summed E-state index contributed by atoms with van der Waals surface area (Å²) in [5.41, 5.74) is 20.4. The summed E-state index contributed by atoms with van der Waals surface area (Å²) in [7, 11) is 0. The first-order chi connectivity index (χ1) is 37.7. The van der Waals surface area contributed by atoms with Gasteiger partial charge in [-0.2, -0.15) is 0 Å². The molecule has 0 bridgehead atoms. The Balaban J connectivity index is 0.961. The Bertz CT molecular complexity index is 4330. The molecule has 0 amide bonds. The third kappa shape index (κ3) is 7.79. The van der Waals surface area contributed by atoms with Gasteiger partial charge in [-0.1, -0.05) is 176 Å². The van der Waals surface area contributed by atoms with E-state index in [0.29, 0.717) is 0 Å². The summed E-state index contributed by atoms with van der Waals surface area (Å²) >= 11 is 0. The van der Waals surface area contributed by atoms with Crippen LogP contribution in [0, 0.1) is 0 Å². The molecule has 0 spiro atoms. The molecule has 0 saturated heterocycles. The fraction of sp³-hybridized carbons (Fsp3) is 0. The molecule has 0 aliphatic rings. The zero-order chi connectivity index (χ0) is 50.4. The lowest BCUT2D eigenvalue weighted by Gasteiger charge is -2.28. The van der Waals surface area contributed by atoms with Crippen molar-refractivity contribution in [2.75, 3.05) is 9.80 Å². The van der Waals surface area contributed by atoms with Gasteiger partial charge in [-0.15, -0.1) is 0 Å². The van der Waals surface area contributed by atoms with E-state index in [1.807, 2.05) is 0 Å². The van der Waals surface area contributed by atoms with Gasteiger partial charge in [0.15, 0.2) is 0 Å². The van der Waals surface area contributed by atoms with E-state index in [2.05, 4.69) is 322 Å². The van der Waals surface area contributed by atoms with Gasteiger partial charge in [-0.3, -0.25) is 0 Å². The molecular formula is C72H50N4. The van der Waals surface area contributed by atoms with E-state index < -0.39 is 0 Å². The lowest BCUT2D eigenvalue weighted by Crippen LogP contribution is -2.12. The van der Waals surface area contributed by atoms with Crippen molar-refractivity contribution >= 4 is 77.7 Å². The van der Waals surface area contributed by atoms with Crippen molar-refractivity contribution in [3.63, 3.8) is 0 Å². The third-order valence-corrected chi connectivity index (χ3v) is 14.9. The average Bonchev–Trinajstić information content (AvgIpc) is 4.10. The number of anilines is 6. The Morgan fingerprint density at radius 2 is 0.592 bits per heavy atom. The second-order valence-corrected chi connectivity index (χ2v) is 19.3. The molecule has 0 N–H and O–H groups in total. The molecule has 0 saturated carbocycles. The molecule has 0 unspecified atom stereocenters. The standard InChI is InChI=1S/C72H50N4/c1-6-23-54(24-7-1)73(55-25-8-2-9-26-55)59-42-44-60(45-43-59)74(56-27-10-3-11-28-56)61-33-20-22-51(48-61)62-36-21-37-63(52-40-46-66-64-34-16-18-38-68(64)76(71(66)50-52)58-31-14-5-15-32-58)72(62)53-41-47-70-67(49-53)65-35-17-19-39-69(65)75(70)57-29-12-4-13-30-57/h1-50H. The summed E-state index contributed by atoms with van der Waals surface area (Å²) in [5, 5.41) is 4.90. The Kier molecular flexibility index (Phi) is 11.2. The molecule has 0 radical (unpaired) electrons. The number of fused-ring (bicyclic) bond motifs is 6. The highest BCUT2D eigenvalue weighted by Crippen LogP contribution is 2.46. The summed E-state index contributed by atoms with van der Waals surface area (Å²) in [4.78, 5) is 4.68. The van der Waals surface area contributed by atoms with Crippen molar-refractivity contribution in [2.24, 2.45) is 0 Å². The molecule has 2 heterocycles. The maximum absolute atomic E-state index is 2.43. The van der Waals surface area contributed by atoms with E-state index in [1.165, 1.54) is 49.2 Å². The predicted molar refractivity (Wildman–Crippen MR) is 321 cm³/mol. The molecule has 0 aliphatic heterocycles. The first-order valence-corrected chi connectivity index (χ1v) is 26.0. The molecule has 12 aromatic carbocycles. The average molecular weight is 971 g/mol. The second-order valence-electron chi connectivity index (χ2n) is 19.3. The normalized spacial score (nSPS) is 11.4. The first-order valence-electron chi connectivity index (χ1n) is 26.0. The van der Waals surface area contributed by atoms with Crippen molar-refractivity contribution in [1.82, 2.24) is 9.13 Å². The zero-order valence-corrected chi connectivity index (χ0v) is 41.7. The fourth-order valence-electron chi connectivity index (χ4n) is 11.5. The van der Waals surface area contributed by atoms with Gasteiger partial charge in [-0.25, -0.2) is 0 Å². The molecule has 2 aromatic heterocycles. The molecular weight excluding hydrogens is 921 g/mol. The predicted octanol–water partition coefficient (Wildman–Crippen LogP) is 19.8. The molecule has 358 valence electrons. The summed E-state index contributed by atoms with van der Waals surface area (Å²) in [6, 6.07) is 110. The third-order valence-electron chi connectivity index (χ3n) is 14.9. The number of nitrogens with zero attached hydrogens (tertiary/aromatic N) is 4. The quantitative estimate of drug-likeness (QED) is 0.128. The van der Waals surface area contributed by atoms with Crippen LogP contribution in [-0.4, -0.2) is 9.13 Å². The van der Waals surface area contributed by atoms with E-state index in [-0.39, 0.29) is 0 Å². The van der Waals surface area contributed by atoms with Crippen LogP contribution < -0.4 is 9.80 Å². The SMILES string of the molecule is c1ccc(N(c2ccccc2)c2ccc(N(c3ccccc3)c3cccc(-c4cccc(-c5ccc6c7ccccc7n(-c7ccccc7)c6c5)c4-c4ccc5c(c4)c4ccccc4n5-c4ccccc4)c3)cc2)cc1. The molecule has 4 heteroatoms. The van der Waals surface area contributed by atoms with Gasteiger partial charge in [0, 0.05) is 67.0 Å². The number of aromatic nitrogens is 2. The maximum Gasteiger partial charge on any atom is 0.0547 e. The Labute approximate surface area is 442 Å². The van der Waals surface area contributed by atoms with Crippen molar-refractivity contribution in [1.29, 1.82) is 0 Å². The minimum atomic E-state index is 1.06. The van der Waals surface area contributed by atoms with Gasteiger partial charge >= 0.3 is 0 Å². The molecule has 14 rings (SSSR count). The van der Waals surface area contributed by atoms with Crippen LogP contribution in [0.15, 0.2) is 303 Å². The van der Waals surface area contributed by atoms with Crippen LogP contribution in [0.4, 0.5) is 34.1 Å². The summed E-state index contributed by atoms with van der Waals surface area (Å²) in [6.45, 7) is 0. The van der Waals surface area contributed by atoms with Crippen LogP contribution >= 0.6 is 0 Å². The fourth-order valence-corrected chi connectivity index (χ4v) is 11.5. The van der Waals surface area contributed by atoms with Gasteiger partial charge in [0.1, 0.15) is 0 Å². The van der Waals surface area contributed by atoms with Crippen LogP contribution in [-0.2, 0) is 0 Å². The van der Waals surface area contributed by atoms with Gasteiger partial charge in [0.05, 0.1) is 22.1 Å². The van der Waals surface area contributed by atoms with E-state index in [1.54, 1.807) is 0 Å². The van der Waals surface area contributed by atoms with Crippen LogP contribution in [0.1, 0.15) is 0 Å². The summed E-state index contributed by atoms with van der Waals surface area (Å²) < 4.78 is 4.81. The van der Waals surface area contributed by atoms with Crippen LogP contribution in [0.2, 0.25) is 0 Å². The van der Waals surface area contributed by atoms with Crippen molar-refractivity contribution < 1.29 is 0 Å². The molecule has 0 aliphatic carbocycles. The van der Waals surface area contributed by atoms with Crippen LogP contribution in [0.3, 0.4) is 0 Å². The van der Waals surface area contributed by atoms with Gasteiger partial charge < -0.3 is 18.9 Å². The monoisotopic (exact) mass is 970 g/mol. The first kappa shape index (κ1) is 44.5. The number of hydrogen-bond donors (Lipinski definition) is 0. The van der Waals surface area contributed by atoms with Gasteiger partial charge in [0.2, 0.25) is 0 Å². The highest BCUT2D eigenvalue weighted by molar-refractivity contribution is 6.13. The summed E-state index contributed by atoms with van der Waals surface area (Å²) in [6.07, 6.45) is 0. The van der Waals surface area contributed by atoms with Gasteiger partial charge in [-0.05, 0) is 161 Å². The number of benzene rings is 12. The largest absolute Gasteiger partial charge is 0.311 e.